The number of ether oxygens (including phenoxy) is 2. The Morgan fingerprint density at radius 2 is 1.49 bits per heavy atom. The highest BCUT2D eigenvalue weighted by molar-refractivity contribution is 5.86. The number of nitrogens with one attached hydrogen (secondary N) is 1. The van der Waals surface area contributed by atoms with Crippen molar-refractivity contribution in [3.8, 4) is 11.5 Å². The van der Waals surface area contributed by atoms with Gasteiger partial charge >= 0.3 is 0 Å². The van der Waals surface area contributed by atoms with E-state index >= 15 is 0 Å². The van der Waals surface area contributed by atoms with Crippen molar-refractivity contribution < 1.29 is 9.47 Å². The summed E-state index contributed by atoms with van der Waals surface area (Å²) in [5, 5.41) is 0. The van der Waals surface area contributed by atoms with Gasteiger partial charge in [-0.25, -0.2) is 4.98 Å². The SMILES string of the molecule is COc1ccc(C2(Cc3ccncc3)Cc3ccc(OCc4ccccc4)cc3C2)c2[nH]c(CCc3ccccc3)nc12. The standard InChI is InChI=1S/C38H35N3O2/c1-42-34-16-15-33(36-37(34)41-35(40-36)17-12-27-8-4-2-5-9-27)38(23-28-18-20-39-21-19-28)24-30-13-14-32(22-31(30)25-38)43-26-29-10-6-3-7-11-29/h2-11,13-16,18-22H,12,17,23-26H2,1H3,(H,40,41). The minimum absolute atomic E-state index is 0.157. The number of hydrogen-bond acceptors (Lipinski definition) is 4. The quantitative estimate of drug-likeness (QED) is 0.186. The molecule has 1 unspecified atom stereocenters. The summed E-state index contributed by atoms with van der Waals surface area (Å²) in [6.45, 7) is 0.556. The number of benzene rings is 4. The molecule has 0 spiro atoms. The van der Waals surface area contributed by atoms with Crippen LogP contribution in [0.2, 0.25) is 0 Å². The van der Waals surface area contributed by atoms with Crippen molar-refractivity contribution in [3.63, 3.8) is 0 Å². The third-order valence-corrected chi connectivity index (χ3v) is 8.72. The van der Waals surface area contributed by atoms with Crippen LogP contribution in [-0.2, 0) is 44.1 Å². The molecule has 43 heavy (non-hydrogen) atoms. The van der Waals surface area contributed by atoms with Crippen LogP contribution in [0.25, 0.3) is 11.0 Å². The topological polar surface area (TPSA) is 60.0 Å². The first-order valence-corrected chi connectivity index (χ1v) is 15.0. The van der Waals surface area contributed by atoms with Gasteiger partial charge in [0.05, 0.1) is 12.6 Å². The van der Waals surface area contributed by atoms with Gasteiger partial charge in [0, 0.05) is 24.2 Å². The van der Waals surface area contributed by atoms with Crippen LogP contribution in [0.4, 0.5) is 0 Å². The van der Waals surface area contributed by atoms with Gasteiger partial charge in [0.15, 0.2) is 0 Å². The molecule has 0 aliphatic heterocycles. The summed E-state index contributed by atoms with van der Waals surface area (Å²) in [6.07, 6.45) is 8.28. The van der Waals surface area contributed by atoms with Crippen LogP contribution in [0.15, 0.2) is 116 Å². The van der Waals surface area contributed by atoms with Crippen LogP contribution in [0.1, 0.15) is 39.2 Å². The molecule has 6 aromatic rings. The number of imidazole rings is 1. The Labute approximate surface area is 252 Å². The summed E-state index contributed by atoms with van der Waals surface area (Å²) in [6, 6.07) is 36.1. The number of aromatic amines is 1. The molecule has 1 aliphatic rings. The monoisotopic (exact) mass is 565 g/mol. The fourth-order valence-electron chi connectivity index (χ4n) is 6.61. The fraction of sp³-hybridized carbons (Fsp3) is 0.211. The number of hydrogen-bond donors (Lipinski definition) is 1. The van der Waals surface area contributed by atoms with Crippen LogP contribution in [0, 0.1) is 0 Å². The molecular weight excluding hydrogens is 530 g/mol. The van der Waals surface area contributed by atoms with Crippen molar-refractivity contribution in [2.75, 3.05) is 7.11 Å². The van der Waals surface area contributed by atoms with E-state index in [-0.39, 0.29) is 5.41 Å². The minimum Gasteiger partial charge on any atom is -0.494 e. The van der Waals surface area contributed by atoms with E-state index in [2.05, 4.69) is 94.9 Å². The number of rotatable bonds is 10. The summed E-state index contributed by atoms with van der Waals surface area (Å²) in [5.41, 5.74) is 9.55. The lowest BCUT2D eigenvalue weighted by Gasteiger charge is -2.31. The van der Waals surface area contributed by atoms with Crippen LogP contribution in [0.3, 0.4) is 0 Å². The zero-order valence-electron chi connectivity index (χ0n) is 24.4. The molecule has 5 heteroatoms. The van der Waals surface area contributed by atoms with E-state index in [9.17, 15) is 0 Å². The molecule has 2 heterocycles. The molecule has 214 valence electrons. The average molecular weight is 566 g/mol. The lowest BCUT2D eigenvalue weighted by molar-refractivity contribution is 0.306. The first-order chi connectivity index (χ1) is 21.2. The Bertz CT molecular complexity index is 1830. The molecule has 7 rings (SSSR count). The normalized spacial score (nSPS) is 15.8. The van der Waals surface area contributed by atoms with Crippen LogP contribution >= 0.6 is 0 Å². The first kappa shape index (κ1) is 27.0. The van der Waals surface area contributed by atoms with Crippen LogP contribution in [-0.4, -0.2) is 22.1 Å². The molecule has 2 aromatic heterocycles. The predicted octanol–water partition coefficient (Wildman–Crippen LogP) is 7.61. The molecule has 0 saturated heterocycles. The number of methoxy groups -OCH3 is 1. The lowest BCUT2D eigenvalue weighted by Crippen LogP contribution is -2.30. The minimum atomic E-state index is -0.157. The maximum Gasteiger partial charge on any atom is 0.146 e. The van der Waals surface area contributed by atoms with E-state index in [4.69, 9.17) is 14.5 Å². The summed E-state index contributed by atoms with van der Waals surface area (Å²) in [5.74, 6) is 2.69. The molecule has 1 atom stereocenters. The maximum atomic E-state index is 6.24. The van der Waals surface area contributed by atoms with Crippen molar-refractivity contribution >= 4 is 11.0 Å². The van der Waals surface area contributed by atoms with Crippen molar-refractivity contribution in [2.45, 2.75) is 44.1 Å². The highest BCUT2D eigenvalue weighted by atomic mass is 16.5. The van der Waals surface area contributed by atoms with E-state index in [1.54, 1.807) is 7.11 Å². The molecule has 0 saturated carbocycles. The third-order valence-electron chi connectivity index (χ3n) is 8.72. The number of pyridine rings is 1. The van der Waals surface area contributed by atoms with Gasteiger partial charge in [0.1, 0.15) is 29.4 Å². The Kier molecular flexibility index (Phi) is 7.38. The van der Waals surface area contributed by atoms with Crippen molar-refractivity contribution in [2.24, 2.45) is 0 Å². The summed E-state index contributed by atoms with van der Waals surface area (Å²) in [7, 11) is 1.72. The largest absolute Gasteiger partial charge is 0.494 e. The van der Waals surface area contributed by atoms with Crippen LogP contribution < -0.4 is 9.47 Å². The molecule has 0 bridgehead atoms. The number of aryl methyl sites for hydroxylation is 2. The van der Waals surface area contributed by atoms with E-state index in [1.165, 1.54) is 27.8 Å². The van der Waals surface area contributed by atoms with Gasteiger partial charge < -0.3 is 14.5 Å². The molecule has 5 nitrogen and oxygen atoms in total. The molecule has 0 radical (unpaired) electrons. The second-order valence-corrected chi connectivity index (χ2v) is 11.6. The lowest BCUT2D eigenvalue weighted by atomic mass is 9.72. The molecule has 1 aliphatic carbocycles. The molecule has 4 aromatic carbocycles. The van der Waals surface area contributed by atoms with Crippen molar-refractivity contribution in [1.82, 2.24) is 15.0 Å². The predicted molar refractivity (Wildman–Crippen MR) is 171 cm³/mol. The van der Waals surface area contributed by atoms with E-state index in [1.807, 2.05) is 30.6 Å². The van der Waals surface area contributed by atoms with E-state index < -0.39 is 0 Å². The highest BCUT2D eigenvalue weighted by Gasteiger charge is 2.41. The van der Waals surface area contributed by atoms with Gasteiger partial charge in [0.2, 0.25) is 0 Å². The van der Waals surface area contributed by atoms with Crippen LogP contribution in [0.5, 0.6) is 11.5 Å². The van der Waals surface area contributed by atoms with Gasteiger partial charge in [-0.05, 0) is 89.4 Å². The molecule has 1 N–H and O–H groups in total. The van der Waals surface area contributed by atoms with Crippen molar-refractivity contribution in [3.05, 3.63) is 155 Å². The number of fused-ring (bicyclic) bond motifs is 2. The Morgan fingerprint density at radius 3 is 2.26 bits per heavy atom. The van der Waals surface area contributed by atoms with Gasteiger partial charge in [-0.3, -0.25) is 4.98 Å². The second kappa shape index (κ2) is 11.8. The summed E-state index contributed by atoms with van der Waals surface area (Å²) in [4.78, 5) is 13.1. The van der Waals surface area contributed by atoms with Gasteiger partial charge in [-0.1, -0.05) is 72.8 Å². The van der Waals surface area contributed by atoms with Crippen molar-refractivity contribution in [1.29, 1.82) is 0 Å². The third kappa shape index (κ3) is 5.63. The summed E-state index contributed by atoms with van der Waals surface area (Å²) >= 11 is 0. The Balaban J connectivity index is 1.25. The number of H-pyrrole nitrogens is 1. The average Bonchev–Trinajstić information content (AvgIpc) is 3.65. The number of aromatic nitrogens is 3. The molecule has 0 amide bonds. The molecule has 0 fully saturated rings. The second-order valence-electron chi connectivity index (χ2n) is 11.6. The first-order valence-electron chi connectivity index (χ1n) is 15.0. The number of nitrogens with zero attached hydrogens (tertiary/aromatic N) is 2. The van der Waals surface area contributed by atoms with E-state index in [0.29, 0.717) is 6.61 Å². The summed E-state index contributed by atoms with van der Waals surface area (Å²) < 4.78 is 12.0. The van der Waals surface area contributed by atoms with Gasteiger partial charge in [-0.15, -0.1) is 0 Å². The highest BCUT2D eigenvalue weighted by Crippen LogP contribution is 2.46. The van der Waals surface area contributed by atoms with Gasteiger partial charge in [-0.2, -0.15) is 0 Å². The van der Waals surface area contributed by atoms with Gasteiger partial charge in [0.25, 0.3) is 0 Å². The fourth-order valence-corrected chi connectivity index (χ4v) is 6.61. The zero-order valence-corrected chi connectivity index (χ0v) is 24.4. The Morgan fingerprint density at radius 1 is 0.744 bits per heavy atom. The zero-order chi connectivity index (χ0) is 29.1. The molecular formula is C38H35N3O2. The Hall–Kier alpha value is -4.90. The smallest absolute Gasteiger partial charge is 0.146 e. The maximum absolute atomic E-state index is 6.24. The van der Waals surface area contributed by atoms with E-state index in [0.717, 1.165) is 66.0 Å².